The van der Waals surface area contributed by atoms with Crippen molar-refractivity contribution < 1.29 is 14.3 Å². The van der Waals surface area contributed by atoms with Crippen molar-refractivity contribution in [3.05, 3.63) is 48.5 Å². The van der Waals surface area contributed by atoms with Gasteiger partial charge < -0.3 is 26.0 Å². The fourth-order valence-corrected chi connectivity index (χ4v) is 2.21. The van der Waals surface area contributed by atoms with E-state index in [9.17, 15) is 9.59 Å². The molecular weight excluding hydrogens is 344 g/mol. The van der Waals surface area contributed by atoms with E-state index in [1.54, 1.807) is 48.5 Å². The summed E-state index contributed by atoms with van der Waals surface area (Å²) in [6.45, 7) is 7.59. The van der Waals surface area contributed by atoms with Crippen LogP contribution in [0.2, 0.25) is 0 Å². The second-order valence-electron chi connectivity index (χ2n) is 6.66. The van der Waals surface area contributed by atoms with Crippen molar-refractivity contribution >= 4 is 23.4 Å². The summed E-state index contributed by atoms with van der Waals surface area (Å²) in [6.07, 6.45) is 0. The molecule has 2 rings (SSSR count). The molecule has 0 fully saturated rings. The summed E-state index contributed by atoms with van der Waals surface area (Å²) < 4.78 is 5.77. The van der Waals surface area contributed by atoms with Crippen LogP contribution >= 0.6 is 0 Å². The summed E-state index contributed by atoms with van der Waals surface area (Å²) in [4.78, 5) is 23.4. The summed E-state index contributed by atoms with van der Waals surface area (Å²) in [5.74, 6) is 1.28. The number of hydrogen-bond donors (Lipinski definition) is 4. The van der Waals surface area contributed by atoms with Crippen LogP contribution in [0.25, 0.3) is 0 Å². The first-order valence-corrected chi connectivity index (χ1v) is 8.85. The molecule has 0 spiro atoms. The van der Waals surface area contributed by atoms with Crippen molar-refractivity contribution in [2.75, 3.05) is 10.6 Å². The summed E-state index contributed by atoms with van der Waals surface area (Å²) >= 11 is 0. The zero-order valence-corrected chi connectivity index (χ0v) is 16.0. The first-order valence-electron chi connectivity index (χ1n) is 8.85. The monoisotopic (exact) mass is 370 g/mol. The van der Waals surface area contributed by atoms with Gasteiger partial charge in [-0.2, -0.15) is 0 Å². The molecule has 144 valence electrons. The number of rotatable bonds is 6. The molecule has 4 amide bonds. The number of ether oxygens (including phenoxy) is 1. The van der Waals surface area contributed by atoms with Crippen molar-refractivity contribution in [2.24, 2.45) is 0 Å². The van der Waals surface area contributed by atoms with E-state index in [0.717, 1.165) is 0 Å². The molecule has 0 heterocycles. The molecule has 0 radical (unpaired) electrons. The lowest BCUT2D eigenvalue weighted by molar-refractivity contribution is 0.249. The van der Waals surface area contributed by atoms with E-state index >= 15 is 0 Å². The van der Waals surface area contributed by atoms with E-state index < -0.39 is 0 Å². The standard InChI is InChI=1S/C20H26N4O3/c1-13(2)21-19(25)23-15-5-9-17(10-6-15)27-18-11-7-16(8-12-18)24-20(26)22-14(3)4/h5-14H,1-4H3,(H2,21,23,25)(H2,22,24,26). The van der Waals surface area contributed by atoms with Crippen LogP contribution in [-0.4, -0.2) is 24.1 Å². The van der Waals surface area contributed by atoms with Crippen LogP contribution in [0.4, 0.5) is 21.0 Å². The predicted octanol–water partition coefficient (Wildman–Crippen LogP) is 4.54. The normalized spacial score (nSPS) is 10.4. The van der Waals surface area contributed by atoms with Gasteiger partial charge in [0.15, 0.2) is 0 Å². The molecule has 27 heavy (non-hydrogen) atoms. The molecule has 2 aromatic rings. The van der Waals surface area contributed by atoms with Gasteiger partial charge in [0.05, 0.1) is 0 Å². The third-order valence-electron chi connectivity index (χ3n) is 3.30. The number of nitrogens with one attached hydrogen (secondary N) is 4. The fourth-order valence-electron chi connectivity index (χ4n) is 2.21. The van der Waals surface area contributed by atoms with E-state index in [2.05, 4.69) is 21.3 Å². The Labute approximate surface area is 159 Å². The van der Waals surface area contributed by atoms with E-state index in [-0.39, 0.29) is 24.1 Å². The van der Waals surface area contributed by atoms with Gasteiger partial charge in [-0.15, -0.1) is 0 Å². The SMILES string of the molecule is CC(C)NC(=O)Nc1ccc(Oc2ccc(NC(=O)NC(C)C)cc2)cc1. The predicted molar refractivity (Wildman–Crippen MR) is 108 cm³/mol. The molecule has 4 N–H and O–H groups in total. The van der Waals surface area contributed by atoms with E-state index in [1.165, 1.54) is 0 Å². The molecule has 7 heteroatoms. The lowest BCUT2D eigenvalue weighted by Gasteiger charge is -2.12. The van der Waals surface area contributed by atoms with Crippen LogP contribution in [0.5, 0.6) is 11.5 Å². The van der Waals surface area contributed by atoms with Crippen LogP contribution < -0.4 is 26.0 Å². The Hall–Kier alpha value is -3.22. The highest BCUT2D eigenvalue weighted by atomic mass is 16.5. The maximum atomic E-state index is 11.7. The topological polar surface area (TPSA) is 91.5 Å². The number of urea groups is 2. The second-order valence-corrected chi connectivity index (χ2v) is 6.66. The van der Waals surface area contributed by atoms with Crippen LogP contribution in [0.3, 0.4) is 0 Å². The van der Waals surface area contributed by atoms with Crippen molar-refractivity contribution in [3.63, 3.8) is 0 Å². The van der Waals surface area contributed by atoms with Gasteiger partial charge in [0.2, 0.25) is 0 Å². The molecule has 0 unspecified atom stereocenters. The van der Waals surface area contributed by atoms with Crippen LogP contribution in [0, 0.1) is 0 Å². The molecule has 0 saturated heterocycles. The lowest BCUT2D eigenvalue weighted by atomic mass is 10.3. The zero-order chi connectivity index (χ0) is 19.8. The fraction of sp³-hybridized carbons (Fsp3) is 0.300. The Kier molecular flexibility index (Phi) is 7.05. The minimum Gasteiger partial charge on any atom is -0.457 e. The molecule has 7 nitrogen and oxygen atoms in total. The van der Waals surface area contributed by atoms with Crippen molar-refractivity contribution in [3.8, 4) is 11.5 Å². The molecule has 0 aliphatic rings. The highest BCUT2D eigenvalue weighted by Crippen LogP contribution is 2.24. The van der Waals surface area contributed by atoms with Crippen molar-refractivity contribution in [1.29, 1.82) is 0 Å². The Balaban J connectivity index is 1.89. The maximum Gasteiger partial charge on any atom is 0.319 e. The summed E-state index contributed by atoms with van der Waals surface area (Å²) in [6, 6.07) is 13.8. The van der Waals surface area contributed by atoms with Crippen molar-refractivity contribution in [1.82, 2.24) is 10.6 Å². The number of carbonyl (C=O) groups excluding carboxylic acids is 2. The largest absolute Gasteiger partial charge is 0.457 e. The molecular formula is C20H26N4O3. The number of anilines is 2. The Morgan fingerprint density at radius 1 is 0.667 bits per heavy atom. The number of carbonyl (C=O) groups is 2. The average molecular weight is 370 g/mol. The van der Waals surface area contributed by atoms with E-state index in [0.29, 0.717) is 22.9 Å². The number of hydrogen-bond acceptors (Lipinski definition) is 3. The molecule has 0 bridgehead atoms. The Bertz CT molecular complexity index is 690. The minimum atomic E-state index is -0.247. The van der Waals surface area contributed by atoms with Gasteiger partial charge >= 0.3 is 12.1 Å². The van der Waals surface area contributed by atoms with Crippen LogP contribution in [0.1, 0.15) is 27.7 Å². The summed E-state index contributed by atoms with van der Waals surface area (Å²) in [7, 11) is 0. The number of amides is 4. The Morgan fingerprint density at radius 2 is 1.00 bits per heavy atom. The van der Waals surface area contributed by atoms with Gasteiger partial charge in [-0.1, -0.05) is 0 Å². The molecule has 0 atom stereocenters. The lowest BCUT2D eigenvalue weighted by Crippen LogP contribution is -2.34. The van der Waals surface area contributed by atoms with Crippen molar-refractivity contribution in [2.45, 2.75) is 39.8 Å². The quantitative estimate of drug-likeness (QED) is 0.602. The molecule has 0 aliphatic heterocycles. The first kappa shape index (κ1) is 20.1. The average Bonchev–Trinajstić information content (AvgIpc) is 2.57. The first-order chi connectivity index (χ1) is 12.8. The molecule has 0 aliphatic carbocycles. The third-order valence-corrected chi connectivity index (χ3v) is 3.30. The number of benzene rings is 2. The van der Waals surface area contributed by atoms with Gasteiger partial charge in [0, 0.05) is 23.5 Å². The van der Waals surface area contributed by atoms with Gasteiger partial charge in [-0.25, -0.2) is 9.59 Å². The van der Waals surface area contributed by atoms with Gasteiger partial charge in [0.1, 0.15) is 11.5 Å². The zero-order valence-electron chi connectivity index (χ0n) is 16.0. The minimum absolute atomic E-state index is 0.0708. The van der Waals surface area contributed by atoms with Gasteiger partial charge in [-0.05, 0) is 76.2 Å². The Morgan fingerprint density at radius 3 is 1.30 bits per heavy atom. The molecule has 0 aromatic heterocycles. The highest BCUT2D eigenvalue weighted by Gasteiger charge is 2.05. The van der Waals surface area contributed by atoms with E-state index in [4.69, 9.17) is 4.74 Å². The maximum absolute atomic E-state index is 11.7. The smallest absolute Gasteiger partial charge is 0.319 e. The summed E-state index contributed by atoms with van der Waals surface area (Å²) in [5, 5.41) is 11.0. The highest BCUT2D eigenvalue weighted by molar-refractivity contribution is 5.90. The van der Waals surface area contributed by atoms with Gasteiger partial charge in [-0.3, -0.25) is 0 Å². The van der Waals surface area contributed by atoms with Crippen LogP contribution in [-0.2, 0) is 0 Å². The second kappa shape index (κ2) is 9.47. The summed E-state index contributed by atoms with van der Waals surface area (Å²) in [5.41, 5.74) is 1.35. The molecule has 2 aromatic carbocycles. The van der Waals surface area contributed by atoms with E-state index in [1.807, 2.05) is 27.7 Å². The third kappa shape index (κ3) is 7.27. The molecule has 0 saturated carbocycles. The van der Waals surface area contributed by atoms with Crippen LogP contribution in [0.15, 0.2) is 48.5 Å². The van der Waals surface area contributed by atoms with Gasteiger partial charge in [0.25, 0.3) is 0 Å².